The Labute approximate surface area is 291 Å². The van der Waals surface area contributed by atoms with Gasteiger partial charge in [0.05, 0.1) is 17.7 Å². The monoisotopic (exact) mass is 701 g/mol. The van der Waals surface area contributed by atoms with E-state index in [1.54, 1.807) is 25.3 Å². The van der Waals surface area contributed by atoms with Gasteiger partial charge in [-0.2, -0.15) is 0 Å². The van der Waals surface area contributed by atoms with E-state index in [0.29, 0.717) is 23.7 Å². The zero-order valence-corrected chi connectivity index (χ0v) is 28.6. The van der Waals surface area contributed by atoms with Crippen LogP contribution in [-0.2, 0) is 32.6 Å². The molecule has 4 aromatic rings. The van der Waals surface area contributed by atoms with Crippen molar-refractivity contribution in [2.24, 2.45) is 0 Å². The van der Waals surface area contributed by atoms with Gasteiger partial charge in [-0.15, -0.1) is 0 Å². The molecule has 1 saturated carbocycles. The Balaban J connectivity index is 1.40. The summed E-state index contributed by atoms with van der Waals surface area (Å²) >= 11 is 0. The van der Waals surface area contributed by atoms with Gasteiger partial charge in [0.1, 0.15) is 37.4 Å². The molecule has 1 unspecified atom stereocenters. The second-order valence-corrected chi connectivity index (χ2v) is 14.2. The van der Waals surface area contributed by atoms with Gasteiger partial charge in [-0.05, 0) is 72.5 Å². The molecule has 1 fully saturated rings. The number of fused-ring (bicyclic) bond motifs is 1. The van der Waals surface area contributed by atoms with E-state index >= 15 is 0 Å². The van der Waals surface area contributed by atoms with Crippen LogP contribution >= 0.6 is 0 Å². The molecule has 6 rings (SSSR count). The summed E-state index contributed by atoms with van der Waals surface area (Å²) < 4.78 is 60.5. The Hall–Kier alpha value is -5.10. The van der Waals surface area contributed by atoms with Crippen molar-refractivity contribution in [3.8, 4) is 17.2 Å². The van der Waals surface area contributed by atoms with Gasteiger partial charge in [-0.3, -0.25) is 13.9 Å². The lowest BCUT2D eigenvalue weighted by atomic mass is 10.0. The highest BCUT2D eigenvalue weighted by Gasteiger charge is 2.36. The molecule has 1 aliphatic carbocycles. The van der Waals surface area contributed by atoms with E-state index in [2.05, 4.69) is 5.32 Å². The molecule has 4 aromatic carbocycles. The Morgan fingerprint density at radius 3 is 2.30 bits per heavy atom. The molecule has 1 atom stereocenters. The van der Waals surface area contributed by atoms with Crippen molar-refractivity contribution in [1.29, 1.82) is 0 Å². The standard InChI is InChI=1S/C38H40FN3O7S/c1-47-32-13-7-10-28(22-32)25-41(34(23-27-8-3-2-4-9-27)38(44)40-30-11-5-6-12-30)37(43)26-42(31-16-14-29(39)15-17-31)50(45,46)33-18-19-35-36(24-33)49-21-20-48-35/h2-4,7-10,13-19,22,24,30,34H,5-6,11-12,20-21,23,25-26H2,1H3,(H,40,44). The average molecular weight is 702 g/mol. The molecule has 0 bridgehead atoms. The average Bonchev–Trinajstić information content (AvgIpc) is 3.65. The lowest BCUT2D eigenvalue weighted by molar-refractivity contribution is -0.140. The van der Waals surface area contributed by atoms with Crippen LogP contribution in [0.3, 0.4) is 0 Å². The molecule has 2 aliphatic rings. The molecule has 0 spiro atoms. The maximum absolute atomic E-state index is 14.7. The van der Waals surface area contributed by atoms with E-state index in [1.807, 2.05) is 36.4 Å². The molecule has 2 amide bonds. The van der Waals surface area contributed by atoms with Crippen molar-refractivity contribution in [3.05, 3.63) is 114 Å². The quantitative estimate of drug-likeness (QED) is 0.196. The number of nitrogens with zero attached hydrogens (tertiary/aromatic N) is 2. The number of sulfonamides is 1. The number of ether oxygens (including phenoxy) is 3. The summed E-state index contributed by atoms with van der Waals surface area (Å²) in [5, 5.41) is 3.16. The smallest absolute Gasteiger partial charge is 0.264 e. The number of hydrogen-bond donors (Lipinski definition) is 1. The molecular formula is C38H40FN3O7S. The van der Waals surface area contributed by atoms with Crippen molar-refractivity contribution in [2.75, 3.05) is 31.2 Å². The van der Waals surface area contributed by atoms with Gasteiger partial charge in [-0.1, -0.05) is 55.3 Å². The molecule has 12 heteroatoms. The lowest BCUT2D eigenvalue weighted by Gasteiger charge is -2.34. The first-order valence-corrected chi connectivity index (χ1v) is 18.1. The minimum absolute atomic E-state index is 0.00699. The van der Waals surface area contributed by atoms with Gasteiger partial charge in [0.2, 0.25) is 11.8 Å². The van der Waals surface area contributed by atoms with Crippen molar-refractivity contribution in [3.63, 3.8) is 0 Å². The molecule has 10 nitrogen and oxygen atoms in total. The lowest BCUT2D eigenvalue weighted by Crippen LogP contribution is -2.54. The van der Waals surface area contributed by atoms with Crippen molar-refractivity contribution in [2.45, 2.75) is 55.6 Å². The van der Waals surface area contributed by atoms with Crippen LogP contribution in [0.5, 0.6) is 17.2 Å². The number of anilines is 1. The van der Waals surface area contributed by atoms with Crippen LogP contribution < -0.4 is 23.8 Å². The Bertz CT molecular complexity index is 1900. The SMILES string of the molecule is COc1cccc(CN(C(=O)CN(c2ccc(F)cc2)S(=O)(=O)c2ccc3c(c2)OCCO3)C(Cc2ccccc2)C(=O)NC2CCCC2)c1. The zero-order chi connectivity index (χ0) is 35.1. The summed E-state index contributed by atoms with van der Waals surface area (Å²) in [4.78, 5) is 30.2. The molecule has 1 aliphatic heterocycles. The van der Waals surface area contributed by atoms with Crippen molar-refractivity contribution >= 4 is 27.5 Å². The maximum Gasteiger partial charge on any atom is 0.264 e. The summed E-state index contributed by atoms with van der Waals surface area (Å²) in [6.07, 6.45) is 3.90. The number of carbonyl (C=O) groups excluding carboxylic acids is 2. The second-order valence-electron chi connectivity index (χ2n) is 12.4. The highest BCUT2D eigenvalue weighted by molar-refractivity contribution is 7.92. The Morgan fingerprint density at radius 1 is 0.880 bits per heavy atom. The minimum Gasteiger partial charge on any atom is -0.497 e. The van der Waals surface area contributed by atoms with Crippen LogP contribution in [0.15, 0.2) is 102 Å². The largest absolute Gasteiger partial charge is 0.497 e. The third kappa shape index (κ3) is 8.19. The molecule has 0 aromatic heterocycles. The van der Waals surface area contributed by atoms with Crippen LogP contribution in [-0.4, -0.2) is 64.1 Å². The Morgan fingerprint density at radius 2 is 1.58 bits per heavy atom. The topological polar surface area (TPSA) is 114 Å². The molecule has 0 saturated heterocycles. The summed E-state index contributed by atoms with van der Waals surface area (Å²) in [5.41, 5.74) is 1.60. The number of methoxy groups -OCH3 is 1. The molecule has 1 heterocycles. The third-order valence-corrected chi connectivity index (χ3v) is 10.7. The van der Waals surface area contributed by atoms with Gasteiger partial charge < -0.3 is 24.4 Å². The Kier molecular flexibility index (Phi) is 10.9. The summed E-state index contributed by atoms with van der Waals surface area (Å²) in [6.45, 7) is -0.0974. The van der Waals surface area contributed by atoms with E-state index < -0.39 is 34.3 Å². The van der Waals surface area contributed by atoms with Gasteiger partial charge in [0.25, 0.3) is 10.0 Å². The first-order chi connectivity index (χ1) is 24.2. The number of hydrogen-bond acceptors (Lipinski definition) is 7. The summed E-state index contributed by atoms with van der Waals surface area (Å²) in [5.74, 6) is -0.280. The minimum atomic E-state index is -4.43. The predicted octanol–water partition coefficient (Wildman–Crippen LogP) is 5.50. The summed E-state index contributed by atoms with van der Waals surface area (Å²) in [6, 6.07) is 24.7. The first-order valence-electron chi connectivity index (χ1n) is 16.7. The highest BCUT2D eigenvalue weighted by Crippen LogP contribution is 2.34. The highest BCUT2D eigenvalue weighted by atomic mass is 32.2. The number of nitrogens with one attached hydrogen (secondary N) is 1. The predicted molar refractivity (Wildman–Crippen MR) is 186 cm³/mol. The van der Waals surface area contributed by atoms with Gasteiger partial charge in [0.15, 0.2) is 11.5 Å². The van der Waals surface area contributed by atoms with Gasteiger partial charge in [-0.25, -0.2) is 12.8 Å². The van der Waals surface area contributed by atoms with Crippen LogP contribution in [0.4, 0.5) is 10.1 Å². The molecule has 1 N–H and O–H groups in total. The zero-order valence-electron chi connectivity index (χ0n) is 27.8. The van der Waals surface area contributed by atoms with E-state index in [4.69, 9.17) is 14.2 Å². The number of benzene rings is 4. The maximum atomic E-state index is 14.7. The van der Waals surface area contributed by atoms with Crippen molar-refractivity contribution in [1.82, 2.24) is 10.2 Å². The molecular weight excluding hydrogens is 661 g/mol. The first kappa shape index (κ1) is 34.8. The normalized spacial score (nSPS) is 14.8. The van der Waals surface area contributed by atoms with Gasteiger partial charge >= 0.3 is 0 Å². The van der Waals surface area contributed by atoms with Crippen LogP contribution in [0.1, 0.15) is 36.8 Å². The molecule has 262 valence electrons. The van der Waals surface area contributed by atoms with Gasteiger partial charge in [0, 0.05) is 25.1 Å². The number of rotatable bonds is 13. The van der Waals surface area contributed by atoms with E-state index in [1.165, 1.54) is 35.2 Å². The fraction of sp³-hybridized carbons (Fsp3) is 0.316. The summed E-state index contributed by atoms with van der Waals surface area (Å²) in [7, 11) is -2.89. The molecule has 0 radical (unpaired) electrons. The fourth-order valence-corrected chi connectivity index (χ4v) is 7.77. The van der Waals surface area contributed by atoms with Crippen LogP contribution in [0.2, 0.25) is 0 Å². The van der Waals surface area contributed by atoms with Crippen LogP contribution in [0, 0.1) is 5.82 Å². The fourth-order valence-electron chi connectivity index (χ4n) is 6.34. The number of carbonyl (C=O) groups is 2. The van der Waals surface area contributed by atoms with Crippen LogP contribution in [0.25, 0.3) is 0 Å². The number of amides is 2. The molecule has 50 heavy (non-hydrogen) atoms. The van der Waals surface area contributed by atoms with E-state index in [0.717, 1.165) is 47.7 Å². The third-order valence-electron chi connectivity index (χ3n) is 8.95. The number of halogens is 1. The van der Waals surface area contributed by atoms with Crippen molar-refractivity contribution < 1.29 is 36.6 Å². The van der Waals surface area contributed by atoms with E-state index in [-0.39, 0.29) is 47.9 Å². The second kappa shape index (κ2) is 15.6. The van der Waals surface area contributed by atoms with E-state index in [9.17, 15) is 22.4 Å².